The van der Waals surface area contributed by atoms with Crippen molar-refractivity contribution in [2.75, 3.05) is 7.11 Å². The van der Waals surface area contributed by atoms with E-state index in [-0.39, 0.29) is 6.61 Å². The van der Waals surface area contributed by atoms with Gasteiger partial charge in [-0.25, -0.2) is 4.39 Å². The van der Waals surface area contributed by atoms with Crippen LogP contribution in [-0.4, -0.2) is 37.6 Å². The molecule has 0 unspecified atom stereocenters. The summed E-state index contributed by atoms with van der Waals surface area (Å²) < 4.78 is 29.3. The van der Waals surface area contributed by atoms with Crippen LogP contribution in [-0.2, 0) is 25.6 Å². The molecule has 104 valence electrons. The third kappa shape index (κ3) is 3.18. The molecule has 1 saturated heterocycles. The predicted molar refractivity (Wildman–Crippen MR) is 66.3 cm³/mol. The van der Waals surface area contributed by atoms with Crippen LogP contribution in [0.4, 0.5) is 4.39 Å². The molecule has 1 fully saturated rings. The largest absolute Gasteiger partial charge is 0.363 e. The first kappa shape index (κ1) is 14.1. The normalized spacial score (nSPS) is 31.4. The lowest BCUT2D eigenvalue weighted by Crippen LogP contribution is -2.53. The van der Waals surface area contributed by atoms with Gasteiger partial charge in [0.25, 0.3) is 0 Å². The molecule has 0 aliphatic carbocycles. The van der Waals surface area contributed by atoms with Crippen LogP contribution in [0.25, 0.3) is 0 Å². The van der Waals surface area contributed by atoms with Crippen molar-refractivity contribution in [3.8, 4) is 0 Å². The van der Waals surface area contributed by atoms with E-state index in [0.29, 0.717) is 0 Å². The Kier molecular flexibility index (Phi) is 4.63. The van der Waals surface area contributed by atoms with Gasteiger partial charge in [-0.2, -0.15) is 0 Å². The van der Waals surface area contributed by atoms with E-state index in [0.717, 1.165) is 5.56 Å². The van der Waals surface area contributed by atoms with Gasteiger partial charge in [-0.3, -0.25) is 4.79 Å². The monoisotopic (exact) mass is 268 g/mol. The van der Waals surface area contributed by atoms with Gasteiger partial charge in [-0.1, -0.05) is 30.3 Å². The molecule has 4 atom stereocenters. The number of carbonyl (C=O) groups excluding carboxylic acids is 1. The highest BCUT2D eigenvalue weighted by Crippen LogP contribution is 2.23. The average molecular weight is 268 g/mol. The second-order valence-corrected chi connectivity index (χ2v) is 4.47. The van der Waals surface area contributed by atoms with Crippen LogP contribution in [0.5, 0.6) is 0 Å². The number of benzene rings is 1. The van der Waals surface area contributed by atoms with Gasteiger partial charge in [0.2, 0.25) is 12.0 Å². The molecule has 0 bridgehead atoms. The zero-order valence-electron chi connectivity index (χ0n) is 10.9. The summed E-state index contributed by atoms with van der Waals surface area (Å²) in [5.74, 6) is -0.624. The van der Waals surface area contributed by atoms with Crippen molar-refractivity contribution < 1.29 is 23.4 Å². The summed E-state index contributed by atoms with van der Waals surface area (Å²) in [6.45, 7) is 1.92. The van der Waals surface area contributed by atoms with Crippen molar-refractivity contribution >= 4 is 5.78 Å². The standard InChI is InChI=1S/C14H17FO4/c1-9-13(12(16)11(15)14(17-2)19-9)18-8-10-6-4-3-5-7-10/h3-7,9,11,13-14H,8H2,1-2H3/t9-,11+,13+,14+/m0/s1. The summed E-state index contributed by atoms with van der Waals surface area (Å²) in [5.41, 5.74) is 0.923. The van der Waals surface area contributed by atoms with Crippen LogP contribution in [0.3, 0.4) is 0 Å². The minimum Gasteiger partial charge on any atom is -0.363 e. The Morgan fingerprint density at radius 2 is 2.00 bits per heavy atom. The quantitative estimate of drug-likeness (QED) is 0.836. The highest BCUT2D eigenvalue weighted by Gasteiger charge is 2.44. The van der Waals surface area contributed by atoms with Gasteiger partial charge in [-0.15, -0.1) is 0 Å². The summed E-state index contributed by atoms with van der Waals surface area (Å²) in [4.78, 5) is 11.9. The lowest BCUT2D eigenvalue weighted by atomic mass is 10.0. The molecule has 19 heavy (non-hydrogen) atoms. The maximum Gasteiger partial charge on any atom is 0.211 e. The fraction of sp³-hybridized carbons (Fsp3) is 0.500. The number of hydrogen-bond donors (Lipinski definition) is 0. The van der Waals surface area contributed by atoms with Crippen molar-refractivity contribution in [2.45, 2.75) is 38.2 Å². The SMILES string of the molecule is CO[C@@H]1O[C@@H](C)[C@@H](OCc2ccccc2)C(=O)[C@H]1F. The van der Waals surface area contributed by atoms with Crippen LogP contribution < -0.4 is 0 Å². The van der Waals surface area contributed by atoms with Gasteiger partial charge in [0.05, 0.1) is 12.7 Å². The van der Waals surface area contributed by atoms with E-state index in [9.17, 15) is 9.18 Å². The third-order valence-electron chi connectivity index (χ3n) is 3.07. The molecule has 0 amide bonds. The lowest BCUT2D eigenvalue weighted by molar-refractivity contribution is -0.234. The first-order valence-corrected chi connectivity index (χ1v) is 6.15. The zero-order valence-corrected chi connectivity index (χ0v) is 10.9. The number of hydrogen-bond acceptors (Lipinski definition) is 4. The number of alkyl halides is 1. The number of carbonyl (C=O) groups is 1. The van der Waals surface area contributed by atoms with Crippen molar-refractivity contribution in [1.29, 1.82) is 0 Å². The fourth-order valence-electron chi connectivity index (χ4n) is 2.03. The van der Waals surface area contributed by atoms with Gasteiger partial charge in [0, 0.05) is 7.11 Å². The predicted octanol–water partition coefficient (Wildman–Crippen LogP) is 1.87. The Balaban J connectivity index is 1.98. The molecule has 0 radical (unpaired) electrons. The highest BCUT2D eigenvalue weighted by molar-refractivity contribution is 5.88. The summed E-state index contributed by atoms with van der Waals surface area (Å²) in [5, 5.41) is 0. The first-order chi connectivity index (χ1) is 9.13. The first-order valence-electron chi connectivity index (χ1n) is 6.15. The van der Waals surface area contributed by atoms with Gasteiger partial charge in [0.15, 0.2) is 6.29 Å². The number of rotatable bonds is 4. The molecular formula is C14H17FO4. The Labute approximate surface area is 111 Å². The van der Waals surface area contributed by atoms with Crippen molar-refractivity contribution in [1.82, 2.24) is 0 Å². The van der Waals surface area contributed by atoms with Gasteiger partial charge in [0.1, 0.15) is 6.10 Å². The van der Waals surface area contributed by atoms with E-state index < -0.39 is 30.5 Å². The molecule has 1 heterocycles. The van der Waals surface area contributed by atoms with Crippen LogP contribution in [0.15, 0.2) is 30.3 Å². The summed E-state index contributed by atoms with van der Waals surface area (Å²) >= 11 is 0. The fourth-order valence-corrected chi connectivity index (χ4v) is 2.03. The van der Waals surface area contributed by atoms with E-state index in [1.807, 2.05) is 30.3 Å². The number of Topliss-reactive ketones (excluding diaryl/α,β-unsaturated/α-hetero) is 1. The molecule has 1 aliphatic rings. The Hall–Kier alpha value is -1.30. The van der Waals surface area contributed by atoms with Crippen LogP contribution in [0, 0.1) is 0 Å². The van der Waals surface area contributed by atoms with Crippen molar-refractivity contribution in [2.24, 2.45) is 0 Å². The molecule has 0 aromatic heterocycles. The molecule has 5 heteroatoms. The van der Waals surface area contributed by atoms with Gasteiger partial charge >= 0.3 is 0 Å². The Morgan fingerprint density at radius 3 is 2.63 bits per heavy atom. The lowest BCUT2D eigenvalue weighted by Gasteiger charge is -2.34. The number of halogens is 1. The maximum absolute atomic E-state index is 13.7. The second-order valence-electron chi connectivity index (χ2n) is 4.47. The smallest absolute Gasteiger partial charge is 0.211 e. The topological polar surface area (TPSA) is 44.8 Å². The van der Waals surface area contributed by atoms with E-state index in [1.165, 1.54) is 7.11 Å². The maximum atomic E-state index is 13.7. The zero-order chi connectivity index (χ0) is 13.8. The minimum absolute atomic E-state index is 0.245. The van der Waals surface area contributed by atoms with E-state index >= 15 is 0 Å². The molecule has 0 N–H and O–H groups in total. The van der Waals surface area contributed by atoms with E-state index in [4.69, 9.17) is 14.2 Å². The third-order valence-corrected chi connectivity index (χ3v) is 3.07. The summed E-state index contributed by atoms with van der Waals surface area (Å²) in [7, 11) is 1.31. The number of methoxy groups -OCH3 is 1. The average Bonchev–Trinajstić information content (AvgIpc) is 2.44. The molecule has 1 aromatic carbocycles. The molecular weight excluding hydrogens is 251 g/mol. The molecule has 0 spiro atoms. The van der Waals surface area contributed by atoms with Crippen molar-refractivity contribution in [3.63, 3.8) is 0 Å². The minimum atomic E-state index is -1.80. The Morgan fingerprint density at radius 1 is 1.32 bits per heavy atom. The summed E-state index contributed by atoms with van der Waals surface area (Å²) in [6.07, 6.45) is -4.38. The number of ketones is 1. The molecule has 0 saturated carbocycles. The van der Waals surface area contributed by atoms with Crippen LogP contribution in [0.1, 0.15) is 12.5 Å². The number of ether oxygens (including phenoxy) is 3. The highest BCUT2D eigenvalue weighted by atomic mass is 19.1. The van der Waals surface area contributed by atoms with Crippen LogP contribution >= 0.6 is 0 Å². The molecule has 1 aromatic rings. The molecule has 4 nitrogen and oxygen atoms in total. The van der Waals surface area contributed by atoms with Gasteiger partial charge in [-0.05, 0) is 12.5 Å². The van der Waals surface area contributed by atoms with Gasteiger partial charge < -0.3 is 14.2 Å². The van der Waals surface area contributed by atoms with E-state index in [2.05, 4.69) is 0 Å². The second kappa shape index (κ2) is 6.23. The molecule has 1 aliphatic heterocycles. The summed E-state index contributed by atoms with van der Waals surface area (Å²) in [6, 6.07) is 9.40. The molecule has 2 rings (SSSR count). The van der Waals surface area contributed by atoms with E-state index in [1.54, 1.807) is 6.92 Å². The van der Waals surface area contributed by atoms with Crippen molar-refractivity contribution in [3.05, 3.63) is 35.9 Å². The van der Waals surface area contributed by atoms with Crippen LogP contribution in [0.2, 0.25) is 0 Å². The Bertz CT molecular complexity index is 423.